The SMILES string of the molecule is CN(CC(=O)NCCC1=CCCCC1)S(=O)(=O)c1ccc(F)cc1. The summed E-state index contributed by atoms with van der Waals surface area (Å²) >= 11 is 0. The first-order chi connectivity index (χ1) is 11.4. The van der Waals surface area contributed by atoms with Crippen molar-refractivity contribution in [1.29, 1.82) is 0 Å². The third-order valence-electron chi connectivity index (χ3n) is 4.04. The number of rotatable bonds is 7. The van der Waals surface area contributed by atoms with Gasteiger partial charge in [-0.15, -0.1) is 0 Å². The third-order valence-corrected chi connectivity index (χ3v) is 5.86. The molecule has 0 atom stereocenters. The van der Waals surface area contributed by atoms with E-state index >= 15 is 0 Å². The van der Waals surface area contributed by atoms with Gasteiger partial charge >= 0.3 is 0 Å². The van der Waals surface area contributed by atoms with Crippen molar-refractivity contribution in [3.8, 4) is 0 Å². The van der Waals surface area contributed by atoms with E-state index in [9.17, 15) is 17.6 Å². The van der Waals surface area contributed by atoms with E-state index < -0.39 is 15.8 Å². The van der Waals surface area contributed by atoms with E-state index in [4.69, 9.17) is 0 Å². The summed E-state index contributed by atoms with van der Waals surface area (Å²) in [6, 6.07) is 4.54. The Morgan fingerprint density at radius 3 is 2.58 bits per heavy atom. The van der Waals surface area contributed by atoms with Crippen LogP contribution in [0.2, 0.25) is 0 Å². The molecule has 132 valence electrons. The zero-order chi connectivity index (χ0) is 17.6. The molecule has 0 saturated carbocycles. The Balaban J connectivity index is 1.84. The van der Waals surface area contributed by atoms with E-state index in [1.807, 2.05) is 0 Å². The molecule has 1 aromatic carbocycles. The molecule has 1 N–H and O–H groups in total. The van der Waals surface area contributed by atoms with Crippen molar-refractivity contribution < 1.29 is 17.6 Å². The number of hydrogen-bond acceptors (Lipinski definition) is 3. The highest BCUT2D eigenvalue weighted by atomic mass is 32.2. The fourth-order valence-corrected chi connectivity index (χ4v) is 3.75. The van der Waals surface area contributed by atoms with Gasteiger partial charge in [-0.25, -0.2) is 12.8 Å². The molecule has 0 unspecified atom stereocenters. The predicted molar refractivity (Wildman–Crippen MR) is 90.4 cm³/mol. The summed E-state index contributed by atoms with van der Waals surface area (Å²) in [6.07, 6.45) is 7.62. The van der Waals surface area contributed by atoms with E-state index in [1.165, 1.54) is 37.6 Å². The summed E-state index contributed by atoms with van der Waals surface area (Å²) in [6.45, 7) is 0.244. The zero-order valence-corrected chi connectivity index (χ0v) is 14.6. The van der Waals surface area contributed by atoms with E-state index in [-0.39, 0.29) is 17.3 Å². The average Bonchev–Trinajstić information content (AvgIpc) is 2.56. The second-order valence-corrected chi connectivity index (χ2v) is 7.97. The number of carbonyl (C=O) groups is 1. The maximum Gasteiger partial charge on any atom is 0.243 e. The van der Waals surface area contributed by atoms with E-state index in [1.54, 1.807) is 0 Å². The van der Waals surface area contributed by atoms with Gasteiger partial charge in [0.25, 0.3) is 0 Å². The first-order valence-electron chi connectivity index (χ1n) is 8.06. The molecule has 0 spiro atoms. The van der Waals surface area contributed by atoms with Crippen molar-refractivity contribution in [3.63, 3.8) is 0 Å². The second kappa shape index (κ2) is 8.39. The number of benzene rings is 1. The van der Waals surface area contributed by atoms with Gasteiger partial charge in [0, 0.05) is 13.6 Å². The maximum absolute atomic E-state index is 12.9. The molecule has 1 aromatic rings. The molecule has 1 aliphatic carbocycles. The molecule has 1 amide bonds. The van der Waals surface area contributed by atoms with Crippen molar-refractivity contribution in [3.05, 3.63) is 41.7 Å². The number of sulfonamides is 1. The minimum Gasteiger partial charge on any atom is -0.355 e. The van der Waals surface area contributed by atoms with Crippen LogP contribution in [0.15, 0.2) is 40.8 Å². The number of nitrogens with one attached hydrogen (secondary N) is 1. The van der Waals surface area contributed by atoms with Crippen molar-refractivity contribution in [2.45, 2.75) is 37.0 Å². The van der Waals surface area contributed by atoms with E-state index in [0.29, 0.717) is 6.54 Å². The fraction of sp³-hybridized carbons (Fsp3) is 0.471. The Hall–Kier alpha value is -1.73. The van der Waals surface area contributed by atoms with Gasteiger partial charge in [-0.1, -0.05) is 11.6 Å². The van der Waals surface area contributed by atoms with Crippen molar-refractivity contribution >= 4 is 15.9 Å². The van der Waals surface area contributed by atoms with Gasteiger partial charge in [-0.05, 0) is 56.4 Å². The Kier molecular flexibility index (Phi) is 6.51. The molecule has 0 aliphatic heterocycles. The normalized spacial score (nSPS) is 15.2. The summed E-state index contributed by atoms with van der Waals surface area (Å²) in [5, 5.41) is 2.75. The number of nitrogens with zero attached hydrogens (tertiary/aromatic N) is 1. The highest BCUT2D eigenvalue weighted by Crippen LogP contribution is 2.19. The highest BCUT2D eigenvalue weighted by Gasteiger charge is 2.22. The van der Waals surface area contributed by atoms with Gasteiger partial charge in [0.15, 0.2) is 0 Å². The van der Waals surface area contributed by atoms with E-state index in [0.717, 1.165) is 35.7 Å². The van der Waals surface area contributed by atoms with Crippen LogP contribution >= 0.6 is 0 Å². The van der Waals surface area contributed by atoms with Crippen molar-refractivity contribution in [1.82, 2.24) is 9.62 Å². The molecule has 0 aromatic heterocycles. The molecule has 0 bridgehead atoms. The summed E-state index contributed by atoms with van der Waals surface area (Å²) in [5.74, 6) is -0.856. The third kappa shape index (κ3) is 5.14. The Morgan fingerprint density at radius 1 is 1.25 bits per heavy atom. The number of halogens is 1. The number of carbonyl (C=O) groups excluding carboxylic acids is 1. The van der Waals surface area contributed by atoms with Crippen LogP contribution in [0.4, 0.5) is 4.39 Å². The summed E-state index contributed by atoms with van der Waals surface area (Å²) in [5.41, 5.74) is 1.36. The van der Waals surface area contributed by atoms with Crippen LogP contribution in [0.25, 0.3) is 0 Å². The largest absolute Gasteiger partial charge is 0.355 e. The minimum absolute atomic E-state index is 0.0356. The molecule has 0 radical (unpaired) electrons. The highest BCUT2D eigenvalue weighted by molar-refractivity contribution is 7.89. The van der Waals surface area contributed by atoms with Gasteiger partial charge < -0.3 is 5.32 Å². The lowest BCUT2D eigenvalue weighted by Crippen LogP contribution is -2.38. The Bertz CT molecular complexity index is 699. The van der Waals surface area contributed by atoms with Crippen LogP contribution in [0, 0.1) is 5.82 Å². The molecule has 0 heterocycles. The smallest absolute Gasteiger partial charge is 0.243 e. The van der Waals surface area contributed by atoms with E-state index in [2.05, 4.69) is 11.4 Å². The molecule has 7 heteroatoms. The fourth-order valence-electron chi connectivity index (χ4n) is 2.62. The number of amides is 1. The topological polar surface area (TPSA) is 66.5 Å². The summed E-state index contributed by atoms with van der Waals surface area (Å²) in [4.78, 5) is 11.9. The van der Waals surface area contributed by atoms with Gasteiger partial charge in [-0.3, -0.25) is 4.79 Å². The standard InChI is InChI=1S/C17H23FN2O3S/c1-20(24(22,23)16-9-7-15(18)8-10-16)13-17(21)19-12-11-14-5-3-2-4-6-14/h5,7-10H,2-4,6,11-13H2,1H3,(H,19,21). The Labute approximate surface area is 142 Å². The Morgan fingerprint density at radius 2 is 1.96 bits per heavy atom. The molecule has 2 rings (SSSR count). The van der Waals surface area contributed by atoms with Crippen molar-refractivity contribution in [2.75, 3.05) is 20.1 Å². The number of likely N-dealkylation sites (N-methyl/N-ethyl adjacent to an activating group) is 1. The molecule has 0 fully saturated rings. The van der Waals surface area contributed by atoms with Crippen molar-refractivity contribution in [2.24, 2.45) is 0 Å². The molecule has 1 aliphatic rings. The summed E-state index contributed by atoms with van der Waals surface area (Å²) < 4.78 is 38.5. The summed E-state index contributed by atoms with van der Waals surface area (Å²) in [7, 11) is -2.47. The van der Waals surface area contributed by atoms with Crippen LogP contribution in [0.3, 0.4) is 0 Å². The second-order valence-electron chi connectivity index (χ2n) is 5.92. The zero-order valence-electron chi connectivity index (χ0n) is 13.8. The van der Waals surface area contributed by atoms with Crippen LogP contribution < -0.4 is 5.32 Å². The maximum atomic E-state index is 12.9. The molecular weight excluding hydrogens is 331 g/mol. The first-order valence-corrected chi connectivity index (χ1v) is 9.50. The number of hydrogen-bond donors (Lipinski definition) is 1. The molecule has 5 nitrogen and oxygen atoms in total. The van der Waals surface area contributed by atoms with Gasteiger partial charge in [0.2, 0.25) is 15.9 Å². The van der Waals surface area contributed by atoms with Crippen LogP contribution in [-0.2, 0) is 14.8 Å². The molecule has 0 saturated heterocycles. The van der Waals surface area contributed by atoms with Crippen LogP contribution in [-0.4, -0.2) is 38.8 Å². The van der Waals surface area contributed by atoms with Gasteiger partial charge in [0.1, 0.15) is 5.82 Å². The predicted octanol–water partition coefficient (Wildman–Crippen LogP) is 2.45. The monoisotopic (exact) mass is 354 g/mol. The molecular formula is C17H23FN2O3S. The van der Waals surface area contributed by atoms with Gasteiger partial charge in [-0.2, -0.15) is 4.31 Å². The van der Waals surface area contributed by atoms with Crippen LogP contribution in [0.5, 0.6) is 0 Å². The van der Waals surface area contributed by atoms with Crippen LogP contribution in [0.1, 0.15) is 32.1 Å². The molecule has 24 heavy (non-hydrogen) atoms. The first kappa shape index (κ1) is 18.6. The lowest BCUT2D eigenvalue weighted by Gasteiger charge is -2.17. The minimum atomic E-state index is -3.80. The average molecular weight is 354 g/mol. The van der Waals surface area contributed by atoms with Gasteiger partial charge in [0.05, 0.1) is 11.4 Å². The quantitative estimate of drug-likeness (QED) is 0.765. The number of allylic oxidation sites excluding steroid dienone is 1. The lowest BCUT2D eigenvalue weighted by molar-refractivity contribution is -0.121. The lowest BCUT2D eigenvalue weighted by atomic mass is 9.97.